The van der Waals surface area contributed by atoms with Gasteiger partial charge in [0.1, 0.15) is 11.1 Å². The number of aliphatic carboxylic acids is 1. The van der Waals surface area contributed by atoms with Crippen molar-refractivity contribution in [2.24, 2.45) is 0 Å². The molecule has 1 fully saturated rings. The van der Waals surface area contributed by atoms with Crippen LogP contribution in [0.3, 0.4) is 0 Å². The average Bonchev–Trinajstić information content (AvgIpc) is 3.05. The van der Waals surface area contributed by atoms with Gasteiger partial charge in [0.05, 0.1) is 0 Å². The summed E-state index contributed by atoms with van der Waals surface area (Å²) in [4.78, 5) is 23.7. The number of rotatable bonds is 3. The number of carbonyl (C=O) groups excluding carboxylic acids is 1. The summed E-state index contributed by atoms with van der Waals surface area (Å²) >= 11 is 5.89. The third-order valence-electron chi connectivity index (χ3n) is 3.92. The number of carboxylic acids is 1. The Bertz CT molecular complexity index is 716. The molecule has 1 aliphatic carbocycles. The molecule has 0 atom stereocenters. The Kier molecular flexibility index (Phi) is 3.37. The number of hydrogen-bond acceptors (Lipinski definition) is 3. The molecule has 1 amide bonds. The molecule has 110 valence electrons. The van der Waals surface area contributed by atoms with Crippen LogP contribution in [0.2, 0.25) is 5.02 Å². The van der Waals surface area contributed by atoms with Gasteiger partial charge in [0, 0.05) is 10.4 Å². The molecule has 5 nitrogen and oxygen atoms in total. The minimum atomic E-state index is -1.17. The SMILES string of the molecule is O=C(NC1(C(=O)O)CCCC1)c1cc2cc(Cl)ccc2o1. The zero-order chi connectivity index (χ0) is 15.0. The van der Waals surface area contributed by atoms with Crippen LogP contribution in [-0.2, 0) is 4.79 Å². The van der Waals surface area contributed by atoms with Crippen LogP contribution < -0.4 is 5.32 Å². The predicted molar refractivity (Wildman–Crippen MR) is 77.5 cm³/mol. The van der Waals surface area contributed by atoms with Crippen LogP contribution in [0.15, 0.2) is 28.7 Å². The van der Waals surface area contributed by atoms with Gasteiger partial charge < -0.3 is 14.8 Å². The number of amides is 1. The number of halogens is 1. The van der Waals surface area contributed by atoms with Crippen LogP contribution in [-0.4, -0.2) is 22.5 Å². The van der Waals surface area contributed by atoms with Gasteiger partial charge >= 0.3 is 5.97 Å². The molecule has 0 radical (unpaired) electrons. The molecule has 0 spiro atoms. The van der Waals surface area contributed by atoms with E-state index in [9.17, 15) is 14.7 Å². The average molecular weight is 308 g/mol. The lowest BCUT2D eigenvalue weighted by Crippen LogP contribution is -2.52. The van der Waals surface area contributed by atoms with Crippen LogP contribution in [0, 0.1) is 0 Å². The van der Waals surface area contributed by atoms with Crippen molar-refractivity contribution in [3.63, 3.8) is 0 Å². The summed E-state index contributed by atoms with van der Waals surface area (Å²) in [6, 6.07) is 6.61. The maximum absolute atomic E-state index is 12.3. The third-order valence-corrected chi connectivity index (χ3v) is 4.16. The number of furan rings is 1. The Morgan fingerprint density at radius 3 is 2.62 bits per heavy atom. The molecule has 1 heterocycles. The summed E-state index contributed by atoms with van der Waals surface area (Å²) in [6.07, 6.45) is 2.48. The van der Waals surface area contributed by atoms with E-state index in [4.69, 9.17) is 16.0 Å². The summed E-state index contributed by atoms with van der Waals surface area (Å²) in [5, 5.41) is 13.3. The summed E-state index contributed by atoms with van der Waals surface area (Å²) in [5.74, 6) is -1.40. The molecule has 1 saturated carbocycles. The van der Waals surface area contributed by atoms with Gasteiger partial charge in [-0.05, 0) is 37.1 Å². The number of benzene rings is 1. The largest absolute Gasteiger partial charge is 0.480 e. The molecule has 1 aromatic heterocycles. The van der Waals surface area contributed by atoms with Gasteiger partial charge in [0.15, 0.2) is 5.76 Å². The lowest BCUT2D eigenvalue weighted by Gasteiger charge is -2.24. The van der Waals surface area contributed by atoms with Gasteiger partial charge in [-0.2, -0.15) is 0 Å². The molecule has 2 N–H and O–H groups in total. The Hall–Kier alpha value is -2.01. The summed E-state index contributed by atoms with van der Waals surface area (Å²) in [6.45, 7) is 0. The van der Waals surface area contributed by atoms with Crippen LogP contribution in [0.1, 0.15) is 36.2 Å². The van der Waals surface area contributed by atoms with E-state index in [1.807, 2.05) is 0 Å². The van der Waals surface area contributed by atoms with E-state index in [-0.39, 0.29) is 5.76 Å². The molecular weight excluding hydrogens is 294 g/mol. The summed E-state index contributed by atoms with van der Waals surface area (Å²) < 4.78 is 5.46. The first-order chi connectivity index (χ1) is 10.00. The van der Waals surface area contributed by atoms with Crippen molar-refractivity contribution >= 4 is 34.4 Å². The van der Waals surface area contributed by atoms with Crippen LogP contribution in [0.5, 0.6) is 0 Å². The summed E-state index contributed by atoms with van der Waals surface area (Å²) in [7, 11) is 0. The number of carbonyl (C=O) groups is 2. The first-order valence-corrected chi connectivity index (χ1v) is 7.13. The highest BCUT2D eigenvalue weighted by atomic mass is 35.5. The third kappa shape index (κ3) is 2.49. The second-order valence-electron chi connectivity index (χ2n) is 5.34. The summed E-state index contributed by atoms with van der Waals surface area (Å²) in [5.41, 5.74) is -0.631. The monoisotopic (exact) mass is 307 g/mol. The van der Waals surface area contributed by atoms with E-state index in [0.717, 1.165) is 12.8 Å². The van der Waals surface area contributed by atoms with E-state index in [1.54, 1.807) is 24.3 Å². The highest BCUT2D eigenvalue weighted by Gasteiger charge is 2.43. The lowest BCUT2D eigenvalue weighted by molar-refractivity contribution is -0.144. The Labute approximate surface area is 125 Å². The second-order valence-corrected chi connectivity index (χ2v) is 5.78. The molecule has 0 unspecified atom stereocenters. The fourth-order valence-electron chi connectivity index (χ4n) is 2.78. The zero-order valence-electron chi connectivity index (χ0n) is 11.2. The molecule has 0 aliphatic heterocycles. The first-order valence-electron chi connectivity index (χ1n) is 6.75. The van der Waals surface area contributed by atoms with Gasteiger partial charge in [-0.3, -0.25) is 4.79 Å². The molecular formula is C15H14ClNO4. The van der Waals surface area contributed by atoms with E-state index in [2.05, 4.69) is 5.32 Å². The van der Waals surface area contributed by atoms with Crippen molar-refractivity contribution in [2.75, 3.05) is 0 Å². The van der Waals surface area contributed by atoms with Crippen LogP contribution >= 0.6 is 11.6 Å². The van der Waals surface area contributed by atoms with Crippen LogP contribution in [0.4, 0.5) is 0 Å². The maximum Gasteiger partial charge on any atom is 0.329 e. The van der Waals surface area contributed by atoms with Crippen molar-refractivity contribution < 1.29 is 19.1 Å². The van der Waals surface area contributed by atoms with E-state index in [0.29, 0.717) is 28.8 Å². The Morgan fingerprint density at radius 1 is 1.24 bits per heavy atom. The maximum atomic E-state index is 12.3. The minimum absolute atomic E-state index is 0.0970. The highest BCUT2D eigenvalue weighted by Crippen LogP contribution is 2.31. The van der Waals surface area contributed by atoms with Gasteiger partial charge in [-0.25, -0.2) is 4.79 Å². The number of carboxylic acid groups (broad SMARTS) is 1. The van der Waals surface area contributed by atoms with Crippen molar-refractivity contribution in [3.05, 3.63) is 35.0 Å². The van der Waals surface area contributed by atoms with Crippen molar-refractivity contribution in [2.45, 2.75) is 31.2 Å². The quantitative estimate of drug-likeness (QED) is 0.912. The second kappa shape index (κ2) is 5.07. The standard InChI is InChI=1S/C15H14ClNO4/c16-10-3-4-11-9(7-10)8-12(21-11)13(18)17-15(14(19)20)5-1-2-6-15/h3-4,7-8H,1-2,5-6H2,(H,17,18)(H,19,20). The topological polar surface area (TPSA) is 79.5 Å². The fourth-order valence-corrected chi connectivity index (χ4v) is 2.96. The number of hydrogen-bond donors (Lipinski definition) is 2. The zero-order valence-corrected chi connectivity index (χ0v) is 11.9. The molecule has 1 aliphatic rings. The van der Waals surface area contributed by atoms with Gasteiger partial charge in [-0.1, -0.05) is 24.4 Å². The van der Waals surface area contributed by atoms with Gasteiger partial charge in [0.25, 0.3) is 5.91 Å². The van der Waals surface area contributed by atoms with Crippen LogP contribution in [0.25, 0.3) is 11.0 Å². The van der Waals surface area contributed by atoms with E-state index < -0.39 is 17.4 Å². The highest BCUT2D eigenvalue weighted by molar-refractivity contribution is 6.31. The predicted octanol–water partition coefficient (Wildman–Crippen LogP) is 3.21. The normalized spacial score (nSPS) is 17.0. The van der Waals surface area contributed by atoms with E-state index >= 15 is 0 Å². The molecule has 21 heavy (non-hydrogen) atoms. The molecule has 0 saturated heterocycles. The van der Waals surface area contributed by atoms with Crippen molar-refractivity contribution in [1.29, 1.82) is 0 Å². The molecule has 2 aromatic rings. The Balaban J connectivity index is 1.88. The lowest BCUT2D eigenvalue weighted by atomic mass is 9.98. The van der Waals surface area contributed by atoms with E-state index in [1.165, 1.54) is 0 Å². The van der Waals surface area contributed by atoms with Crippen molar-refractivity contribution in [1.82, 2.24) is 5.32 Å². The smallest absolute Gasteiger partial charge is 0.329 e. The Morgan fingerprint density at radius 2 is 1.95 bits per heavy atom. The number of nitrogens with one attached hydrogen (secondary N) is 1. The first kappa shape index (κ1) is 13.9. The molecule has 3 rings (SSSR count). The van der Waals surface area contributed by atoms with Gasteiger partial charge in [-0.15, -0.1) is 0 Å². The molecule has 0 bridgehead atoms. The molecule has 1 aromatic carbocycles. The minimum Gasteiger partial charge on any atom is -0.480 e. The fraction of sp³-hybridized carbons (Fsp3) is 0.333. The number of fused-ring (bicyclic) bond motifs is 1. The molecule has 6 heteroatoms. The van der Waals surface area contributed by atoms with Gasteiger partial charge in [0.2, 0.25) is 0 Å². The van der Waals surface area contributed by atoms with Crippen molar-refractivity contribution in [3.8, 4) is 0 Å².